The van der Waals surface area contributed by atoms with Gasteiger partial charge in [-0.1, -0.05) is 13.8 Å². The monoisotopic (exact) mass is 283 g/mol. The second-order valence-corrected chi connectivity index (χ2v) is 6.57. The highest BCUT2D eigenvalue weighted by Gasteiger charge is 2.32. The van der Waals surface area contributed by atoms with Crippen LogP contribution in [0.5, 0.6) is 0 Å². The van der Waals surface area contributed by atoms with Crippen molar-refractivity contribution in [2.24, 2.45) is 0 Å². The molecule has 0 fully saturated rings. The van der Waals surface area contributed by atoms with Crippen LogP contribution in [0.15, 0.2) is 23.9 Å². The van der Waals surface area contributed by atoms with Gasteiger partial charge in [-0.3, -0.25) is 9.59 Å². The molecule has 3 heteroatoms. The zero-order valence-electron chi connectivity index (χ0n) is 12.9. The summed E-state index contributed by atoms with van der Waals surface area (Å²) in [6, 6.07) is 3.92. The highest BCUT2D eigenvalue weighted by Crippen LogP contribution is 2.39. The van der Waals surface area contributed by atoms with E-state index in [1.807, 2.05) is 19.1 Å². The number of ketones is 2. The number of benzene rings is 1. The van der Waals surface area contributed by atoms with E-state index in [1.54, 1.807) is 0 Å². The average molecular weight is 283 g/mol. The maximum atomic E-state index is 12.6. The predicted octanol–water partition coefficient (Wildman–Crippen LogP) is 3.17. The van der Waals surface area contributed by atoms with Gasteiger partial charge in [0.2, 0.25) is 5.78 Å². The fourth-order valence-electron chi connectivity index (χ4n) is 3.47. The Kier molecular flexibility index (Phi) is 3.23. The third kappa shape index (κ3) is 2.21. The number of hydrogen-bond donors (Lipinski definition) is 1. The van der Waals surface area contributed by atoms with Gasteiger partial charge in [0.15, 0.2) is 5.78 Å². The van der Waals surface area contributed by atoms with Crippen molar-refractivity contribution in [2.45, 2.75) is 45.4 Å². The zero-order valence-corrected chi connectivity index (χ0v) is 12.9. The van der Waals surface area contributed by atoms with Crippen molar-refractivity contribution in [1.29, 1.82) is 0 Å². The SMILES string of the molecule is CCNC1=CC(=O)c2cc3c(cc2C1=O)C(C)(C)CCC3. The van der Waals surface area contributed by atoms with Crippen molar-refractivity contribution in [3.8, 4) is 0 Å². The highest BCUT2D eigenvalue weighted by atomic mass is 16.1. The van der Waals surface area contributed by atoms with Crippen molar-refractivity contribution in [1.82, 2.24) is 5.32 Å². The number of likely N-dealkylation sites (N-methyl/N-ethyl adjacent to an activating group) is 1. The van der Waals surface area contributed by atoms with E-state index < -0.39 is 0 Å². The summed E-state index contributed by atoms with van der Waals surface area (Å²) in [6.07, 6.45) is 4.70. The zero-order chi connectivity index (χ0) is 15.2. The Labute approximate surface area is 125 Å². The van der Waals surface area contributed by atoms with Gasteiger partial charge in [-0.2, -0.15) is 0 Å². The number of rotatable bonds is 2. The Morgan fingerprint density at radius 3 is 2.67 bits per heavy atom. The third-order valence-corrected chi connectivity index (χ3v) is 4.62. The molecule has 0 spiro atoms. The van der Waals surface area contributed by atoms with E-state index in [0.29, 0.717) is 23.4 Å². The first-order chi connectivity index (χ1) is 9.94. The van der Waals surface area contributed by atoms with Gasteiger partial charge in [0.25, 0.3) is 0 Å². The average Bonchev–Trinajstić information content (AvgIpc) is 2.43. The molecule has 2 aliphatic rings. The van der Waals surface area contributed by atoms with Crippen LogP contribution < -0.4 is 5.32 Å². The molecule has 2 aliphatic carbocycles. The van der Waals surface area contributed by atoms with Crippen LogP contribution in [0, 0.1) is 0 Å². The van der Waals surface area contributed by atoms with Crippen LogP contribution in [-0.4, -0.2) is 18.1 Å². The maximum Gasteiger partial charge on any atom is 0.209 e. The summed E-state index contributed by atoms with van der Waals surface area (Å²) in [5.41, 5.74) is 4.08. The van der Waals surface area contributed by atoms with E-state index in [1.165, 1.54) is 17.2 Å². The van der Waals surface area contributed by atoms with Gasteiger partial charge in [-0.15, -0.1) is 0 Å². The molecule has 0 atom stereocenters. The van der Waals surface area contributed by atoms with Gasteiger partial charge in [0, 0.05) is 23.7 Å². The Balaban J connectivity index is 2.15. The largest absolute Gasteiger partial charge is 0.382 e. The molecule has 3 nitrogen and oxygen atoms in total. The minimum Gasteiger partial charge on any atom is -0.382 e. The number of carbonyl (C=O) groups is 2. The number of allylic oxidation sites excluding steroid dienone is 2. The molecule has 21 heavy (non-hydrogen) atoms. The molecule has 1 N–H and O–H groups in total. The highest BCUT2D eigenvalue weighted by molar-refractivity contribution is 6.24. The number of nitrogens with one attached hydrogen (secondary N) is 1. The number of hydrogen-bond acceptors (Lipinski definition) is 3. The van der Waals surface area contributed by atoms with E-state index in [-0.39, 0.29) is 17.0 Å². The van der Waals surface area contributed by atoms with Crippen LogP contribution in [0.1, 0.15) is 65.5 Å². The molecular weight excluding hydrogens is 262 g/mol. The number of aryl methyl sites for hydroxylation is 1. The van der Waals surface area contributed by atoms with E-state index in [0.717, 1.165) is 19.3 Å². The maximum absolute atomic E-state index is 12.6. The summed E-state index contributed by atoms with van der Waals surface area (Å²) < 4.78 is 0. The standard InChI is InChI=1S/C18H21NO2/c1-4-19-15-10-16(20)12-8-11-6-5-7-18(2,3)14(11)9-13(12)17(15)21/h8-10,19H,4-7H2,1-3H3. The molecule has 0 radical (unpaired) electrons. The quantitative estimate of drug-likeness (QED) is 0.906. The lowest BCUT2D eigenvalue weighted by Gasteiger charge is -2.34. The first kappa shape index (κ1) is 14.1. The van der Waals surface area contributed by atoms with Gasteiger partial charge < -0.3 is 5.32 Å². The van der Waals surface area contributed by atoms with Gasteiger partial charge in [-0.25, -0.2) is 0 Å². The molecule has 110 valence electrons. The Morgan fingerprint density at radius 1 is 1.19 bits per heavy atom. The van der Waals surface area contributed by atoms with Crippen LogP contribution in [0.2, 0.25) is 0 Å². The van der Waals surface area contributed by atoms with Crippen LogP contribution in [0.3, 0.4) is 0 Å². The molecule has 0 unspecified atom stereocenters. The molecule has 0 bridgehead atoms. The summed E-state index contributed by atoms with van der Waals surface area (Å²) in [7, 11) is 0. The molecule has 0 aromatic heterocycles. The van der Waals surface area contributed by atoms with Crippen LogP contribution in [0.4, 0.5) is 0 Å². The van der Waals surface area contributed by atoms with Crippen molar-refractivity contribution in [3.63, 3.8) is 0 Å². The van der Waals surface area contributed by atoms with Gasteiger partial charge in [-0.05, 0) is 54.9 Å². The van der Waals surface area contributed by atoms with E-state index >= 15 is 0 Å². The second kappa shape index (κ2) is 4.83. The molecular formula is C18H21NO2. The fourth-order valence-corrected chi connectivity index (χ4v) is 3.47. The van der Waals surface area contributed by atoms with Crippen molar-refractivity contribution >= 4 is 11.6 Å². The van der Waals surface area contributed by atoms with Gasteiger partial charge in [0.1, 0.15) is 0 Å². The Hall–Kier alpha value is -1.90. The topological polar surface area (TPSA) is 46.2 Å². The van der Waals surface area contributed by atoms with Crippen molar-refractivity contribution < 1.29 is 9.59 Å². The summed E-state index contributed by atoms with van der Waals surface area (Å²) in [4.78, 5) is 24.9. The minimum absolute atomic E-state index is 0.0596. The van der Waals surface area contributed by atoms with Gasteiger partial charge in [0.05, 0.1) is 5.70 Å². The fraction of sp³-hybridized carbons (Fsp3) is 0.444. The molecule has 1 aromatic rings. The predicted molar refractivity (Wildman–Crippen MR) is 82.8 cm³/mol. The number of carbonyl (C=O) groups excluding carboxylic acids is 2. The first-order valence-electron chi connectivity index (χ1n) is 7.66. The Bertz CT molecular complexity index is 668. The normalized spacial score (nSPS) is 19.7. The van der Waals surface area contributed by atoms with Crippen LogP contribution >= 0.6 is 0 Å². The third-order valence-electron chi connectivity index (χ3n) is 4.62. The van der Waals surface area contributed by atoms with Crippen molar-refractivity contribution in [3.05, 3.63) is 46.2 Å². The molecule has 0 aliphatic heterocycles. The summed E-state index contributed by atoms with van der Waals surface area (Å²) in [5, 5.41) is 3.00. The van der Waals surface area contributed by atoms with E-state index in [4.69, 9.17) is 0 Å². The van der Waals surface area contributed by atoms with E-state index in [9.17, 15) is 9.59 Å². The molecule has 0 amide bonds. The Morgan fingerprint density at radius 2 is 1.95 bits per heavy atom. The van der Waals surface area contributed by atoms with Crippen LogP contribution in [0.25, 0.3) is 0 Å². The van der Waals surface area contributed by atoms with Gasteiger partial charge >= 0.3 is 0 Å². The summed E-state index contributed by atoms with van der Waals surface area (Å²) >= 11 is 0. The molecule has 0 saturated heterocycles. The molecule has 3 rings (SSSR count). The lowest BCUT2D eigenvalue weighted by Crippen LogP contribution is -2.29. The number of Topliss-reactive ketones (excluding diaryl/α,β-unsaturated/α-hetero) is 1. The first-order valence-corrected chi connectivity index (χ1v) is 7.66. The smallest absolute Gasteiger partial charge is 0.209 e. The molecule has 1 aromatic carbocycles. The lowest BCUT2D eigenvalue weighted by atomic mass is 9.71. The lowest BCUT2D eigenvalue weighted by molar-refractivity contribution is 0.0978. The summed E-state index contributed by atoms with van der Waals surface area (Å²) in [5.74, 6) is -0.123. The minimum atomic E-state index is -0.0632. The van der Waals surface area contributed by atoms with Crippen LogP contribution in [-0.2, 0) is 11.8 Å². The molecule has 0 heterocycles. The molecule has 0 saturated carbocycles. The number of fused-ring (bicyclic) bond motifs is 2. The summed E-state index contributed by atoms with van der Waals surface area (Å²) in [6.45, 7) is 6.99. The van der Waals surface area contributed by atoms with E-state index in [2.05, 4.69) is 19.2 Å². The second-order valence-electron chi connectivity index (χ2n) is 6.57. The van der Waals surface area contributed by atoms with Crippen molar-refractivity contribution in [2.75, 3.05) is 6.54 Å².